The summed E-state index contributed by atoms with van der Waals surface area (Å²) >= 11 is 1.79. The van der Waals surface area contributed by atoms with Crippen molar-refractivity contribution in [2.45, 2.75) is 37.0 Å². The van der Waals surface area contributed by atoms with Crippen molar-refractivity contribution in [1.82, 2.24) is 15.1 Å². The molecule has 0 unspecified atom stereocenters. The van der Waals surface area contributed by atoms with Gasteiger partial charge in [0.05, 0.1) is 25.8 Å². The van der Waals surface area contributed by atoms with E-state index >= 15 is 0 Å². The molecule has 0 saturated carbocycles. The minimum atomic E-state index is -0.204. The van der Waals surface area contributed by atoms with Crippen LogP contribution in [0.4, 0.5) is 0 Å². The standard InChI is InChI=1S/C24H27N3O3S/c1-17(2)31-21-10-4-18(5-11-21)16-23(28)25-14-15-27-24(29)13-12-22(26-27)19-6-8-20(30-3)9-7-19/h4-13,17H,14-16H2,1-3H3,(H,25,28). The third kappa shape index (κ3) is 6.72. The van der Waals surface area contributed by atoms with Crippen LogP contribution in [-0.2, 0) is 17.8 Å². The second-order valence-electron chi connectivity index (χ2n) is 7.35. The molecule has 0 radical (unpaired) electrons. The van der Waals surface area contributed by atoms with Crippen LogP contribution >= 0.6 is 11.8 Å². The number of rotatable bonds is 9. The lowest BCUT2D eigenvalue weighted by Gasteiger charge is -2.09. The zero-order chi connectivity index (χ0) is 22.2. The molecule has 7 heteroatoms. The van der Waals surface area contributed by atoms with Gasteiger partial charge < -0.3 is 10.1 Å². The van der Waals surface area contributed by atoms with Crippen LogP contribution in [0.25, 0.3) is 11.3 Å². The van der Waals surface area contributed by atoms with Gasteiger partial charge in [0.15, 0.2) is 0 Å². The molecule has 0 aliphatic carbocycles. The number of aromatic nitrogens is 2. The fraction of sp³-hybridized carbons (Fsp3) is 0.292. The number of methoxy groups -OCH3 is 1. The topological polar surface area (TPSA) is 73.2 Å². The van der Waals surface area contributed by atoms with Crippen molar-refractivity contribution >= 4 is 17.7 Å². The van der Waals surface area contributed by atoms with Crippen LogP contribution in [0.15, 0.2) is 70.4 Å². The lowest BCUT2D eigenvalue weighted by molar-refractivity contribution is -0.120. The molecule has 0 spiro atoms. The molecule has 162 valence electrons. The van der Waals surface area contributed by atoms with Crippen molar-refractivity contribution < 1.29 is 9.53 Å². The summed E-state index contributed by atoms with van der Waals surface area (Å²) in [5.41, 5.74) is 2.33. The van der Waals surface area contributed by atoms with E-state index in [9.17, 15) is 9.59 Å². The van der Waals surface area contributed by atoms with Crippen molar-refractivity contribution in [3.8, 4) is 17.0 Å². The summed E-state index contributed by atoms with van der Waals surface area (Å²) in [5, 5.41) is 7.81. The van der Waals surface area contributed by atoms with E-state index in [1.165, 1.54) is 15.6 Å². The predicted octanol–water partition coefficient (Wildman–Crippen LogP) is 3.78. The monoisotopic (exact) mass is 437 g/mol. The highest BCUT2D eigenvalue weighted by Crippen LogP contribution is 2.23. The number of hydrogen-bond acceptors (Lipinski definition) is 5. The SMILES string of the molecule is COc1ccc(-c2ccc(=O)n(CCNC(=O)Cc3ccc(SC(C)C)cc3)n2)cc1. The van der Waals surface area contributed by atoms with Gasteiger partial charge in [-0.05, 0) is 48.0 Å². The smallest absolute Gasteiger partial charge is 0.266 e. The number of thioether (sulfide) groups is 1. The third-order valence-electron chi connectivity index (χ3n) is 4.56. The summed E-state index contributed by atoms with van der Waals surface area (Å²) in [7, 11) is 1.61. The van der Waals surface area contributed by atoms with Crippen molar-refractivity contribution in [3.63, 3.8) is 0 Å². The number of hydrogen-bond donors (Lipinski definition) is 1. The maximum Gasteiger partial charge on any atom is 0.266 e. The number of amides is 1. The van der Waals surface area contributed by atoms with E-state index in [1.54, 1.807) is 24.9 Å². The fourth-order valence-corrected chi connectivity index (χ4v) is 3.87. The lowest BCUT2D eigenvalue weighted by atomic mass is 10.1. The second-order valence-corrected chi connectivity index (χ2v) is 9.00. The Bertz CT molecular complexity index is 1060. The largest absolute Gasteiger partial charge is 0.497 e. The quantitative estimate of drug-likeness (QED) is 0.516. The molecule has 2 aromatic carbocycles. The molecule has 0 bridgehead atoms. The zero-order valence-corrected chi connectivity index (χ0v) is 18.8. The molecule has 1 N–H and O–H groups in total. The maximum atomic E-state index is 12.3. The first-order valence-electron chi connectivity index (χ1n) is 10.2. The van der Waals surface area contributed by atoms with E-state index < -0.39 is 0 Å². The first-order chi connectivity index (χ1) is 14.9. The van der Waals surface area contributed by atoms with Gasteiger partial charge in [-0.15, -0.1) is 11.8 Å². The second kappa shape index (κ2) is 10.8. The highest BCUT2D eigenvalue weighted by molar-refractivity contribution is 7.99. The van der Waals surface area contributed by atoms with Crippen molar-refractivity contribution in [2.75, 3.05) is 13.7 Å². The summed E-state index contributed by atoms with van der Waals surface area (Å²) in [6.07, 6.45) is 0.306. The Balaban J connectivity index is 1.54. The maximum absolute atomic E-state index is 12.3. The molecule has 0 aliphatic heterocycles. The molecular formula is C24H27N3O3S. The van der Waals surface area contributed by atoms with Crippen molar-refractivity contribution in [3.05, 3.63) is 76.6 Å². The van der Waals surface area contributed by atoms with Gasteiger partial charge in [0, 0.05) is 28.3 Å². The number of benzene rings is 2. The van der Waals surface area contributed by atoms with Gasteiger partial charge in [0.25, 0.3) is 5.56 Å². The normalized spacial score (nSPS) is 10.8. The lowest BCUT2D eigenvalue weighted by Crippen LogP contribution is -2.32. The zero-order valence-electron chi connectivity index (χ0n) is 18.0. The predicted molar refractivity (Wildman–Crippen MR) is 125 cm³/mol. The Kier molecular flexibility index (Phi) is 7.89. The minimum absolute atomic E-state index is 0.0800. The summed E-state index contributed by atoms with van der Waals surface area (Å²) in [6.45, 7) is 4.94. The number of nitrogens with zero attached hydrogens (tertiary/aromatic N) is 2. The summed E-state index contributed by atoms with van der Waals surface area (Å²) in [4.78, 5) is 25.6. The molecule has 3 rings (SSSR count). The van der Waals surface area contributed by atoms with Crippen molar-refractivity contribution in [2.24, 2.45) is 0 Å². The Labute approximate surface area is 186 Å². The van der Waals surface area contributed by atoms with Gasteiger partial charge in [-0.25, -0.2) is 4.68 Å². The molecule has 6 nitrogen and oxygen atoms in total. The van der Waals surface area contributed by atoms with Crippen LogP contribution in [0.2, 0.25) is 0 Å². The van der Waals surface area contributed by atoms with Crippen LogP contribution in [0.3, 0.4) is 0 Å². The van der Waals surface area contributed by atoms with Crippen LogP contribution < -0.4 is 15.6 Å². The molecular weight excluding hydrogens is 410 g/mol. The molecule has 1 amide bonds. The molecule has 0 atom stereocenters. The van der Waals surface area contributed by atoms with Gasteiger partial charge in [0.2, 0.25) is 5.91 Å². The average Bonchev–Trinajstić information content (AvgIpc) is 2.76. The average molecular weight is 438 g/mol. The van der Waals surface area contributed by atoms with E-state index in [4.69, 9.17) is 4.74 Å². The van der Waals surface area contributed by atoms with Crippen LogP contribution in [-0.4, -0.2) is 34.6 Å². The first kappa shape index (κ1) is 22.6. The van der Waals surface area contributed by atoms with Gasteiger partial charge in [-0.3, -0.25) is 9.59 Å². The Hall–Kier alpha value is -3.06. The van der Waals surface area contributed by atoms with E-state index in [0.717, 1.165) is 16.9 Å². The van der Waals surface area contributed by atoms with Crippen LogP contribution in [0.5, 0.6) is 5.75 Å². The molecule has 31 heavy (non-hydrogen) atoms. The molecule has 1 aromatic heterocycles. The highest BCUT2D eigenvalue weighted by Gasteiger charge is 2.07. The summed E-state index contributed by atoms with van der Waals surface area (Å²) < 4.78 is 6.54. The molecule has 0 saturated heterocycles. The molecule has 0 aliphatic rings. The highest BCUT2D eigenvalue weighted by atomic mass is 32.2. The number of carbonyl (C=O) groups is 1. The fourth-order valence-electron chi connectivity index (χ4n) is 3.03. The Morgan fingerprint density at radius 1 is 1.06 bits per heavy atom. The van der Waals surface area contributed by atoms with E-state index in [1.807, 2.05) is 48.5 Å². The molecule has 0 fully saturated rings. The summed E-state index contributed by atoms with van der Waals surface area (Å²) in [5.74, 6) is 0.678. The van der Waals surface area contributed by atoms with Gasteiger partial charge in [0.1, 0.15) is 5.75 Å². The first-order valence-corrected chi connectivity index (χ1v) is 11.1. The van der Waals surface area contributed by atoms with Gasteiger partial charge in [-0.2, -0.15) is 5.10 Å². The number of nitrogens with one attached hydrogen (secondary N) is 1. The number of carbonyl (C=O) groups excluding carboxylic acids is 1. The van der Waals surface area contributed by atoms with E-state index in [0.29, 0.717) is 30.5 Å². The molecule has 3 aromatic rings. The third-order valence-corrected chi connectivity index (χ3v) is 5.57. The van der Waals surface area contributed by atoms with E-state index in [2.05, 4.69) is 24.3 Å². The van der Waals surface area contributed by atoms with E-state index in [-0.39, 0.29) is 11.5 Å². The number of ether oxygens (including phenoxy) is 1. The Morgan fingerprint density at radius 3 is 2.42 bits per heavy atom. The van der Waals surface area contributed by atoms with Crippen molar-refractivity contribution in [1.29, 1.82) is 0 Å². The minimum Gasteiger partial charge on any atom is -0.497 e. The summed E-state index contributed by atoms with van der Waals surface area (Å²) in [6, 6.07) is 18.7. The van der Waals surface area contributed by atoms with Gasteiger partial charge >= 0.3 is 0 Å². The Morgan fingerprint density at radius 2 is 1.77 bits per heavy atom. The van der Waals surface area contributed by atoms with Crippen LogP contribution in [0.1, 0.15) is 19.4 Å². The van der Waals surface area contributed by atoms with Gasteiger partial charge in [-0.1, -0.05) is 26.0 Å². The molecule has 1 heterocycles. The van der Waals surface area contributed by atoms with Crippen LogP contribution in [0, 0.1) is 0 Å².